The number of anilines is 1. The Morgan fingerprint density at radius 2 is 1.70 bits per heavy atom. The van der Waals surface area contributed by atoms with Crippen molar-refractivity contribution in [1.82, 2.24) is 4.90 Å². The number of carbonyl (C=O) groups excluding carboxylic acids is 3. The number of benzene rings is 1. The molecule has 0 aromatic heterocycles. The molecule has 0 radical (unpaired) electrons. The Bertz CT molecular complexity index is 588. The Kier molecular flexibility index (Phi) is 5.36. The number of amides is 3. The Hall–Kier alpha value is -2.37. The summed E-state index contributed by atoms with van der Waals surface area (Å²) in [6.45, 7) is 4.94. The van der Waals surface area contributed by atoms with Gasteiger partial charge in [-0.15, -0.1) is 0 Å². The van der Waals surface area contributed by atoms with Gasteiger partial charge in [0.05, 0.1) is 0 Å². The molecule has 1 aromatic rings. The Morgan fingerprint density at radius 1 is 1.13 bits per heavy atom. The Labute approximate surface area is 136 Å². The lowest BCUT2D eigenvalue weighted by atomic mass is 9.96. The van der Waals surface area contributed by atoms with E-state index < -0.39 is 11.8 Å². The first-order valence-electron chi connectivity index (χ1n) is 7.88. The number of nitrogens with zero attached hydrogens (tertiary/aromatic N) is 1. The van der Waals surface area contributed by atoms with Gasteiger partial charge in [-0.1, -0.05) is 26.0 Å². The third-order valence-corrected chi connectivity index (χ3v) is 4.21. The highest BCUT2D eigenvalue weighted by atomic mass is 16.2. The summed E-state index contributed by atoms with van der Waals surface area (Å²) in [7, 11) is 0. The van der Waals surface area contributed by atoms with E-state index in [-0.39, 0.29) is 11.8 Å². The number of hydrogen-bond donors (Lipinski definition) is 2. The topological polar surface area (TPSA) is 92.5 Å². The van der Waals surface area contributed by atoms with Gasteiger partial charge in [0.1, 0.15) is 0 Å². The van der Waals surface area contributed by atoms with Crippen LogP contribution in [0, 0.1) is 5.92 Å². The van der Waals surface area contributed by atoms with Crippen LogP contribution in [0.3, 0.4) is 0 Å². The fourth-order valence-electron chi connectivity index (χ4n) is 2.65. The minimum Gasteiger partial charge on any atom is -0.369 e. The zero-order valence-corrected chi connectivity index (χ0v) is 13.5. The summed E-state index contributed by atoms with van der Waals surface area (Å²) in [6.07, 6.45) is 1.02. The monoisotopic (exact) mass is 317 g/mol. The highest BCUT2D eigenvalue weighted by Crippen LogP contribution is 2.19. The van der Waals surface area contributed by atoms with Crippen LogP contribution in [-0.4, -0.2) is 35.7 Å². The summed E-state index contributed by atoms with van der Waals surface area (Å²) in [5.41, 5.74) is 7.03. The van der Waals surface area contributed by atoms with Gasteiger partial charge >= 0.3 is 11.8 Å². The molecule has 1 aliphatic heterocycles. The van der Waals surface area contributed by atoms with E-state index in [1.165, 1.54) is 10.5 Å². The number of primary amides is 1. The van der Waals surface area contributed by atoms with Gasteiger partial charge < -0.3 is 16.0 Å². The van der Waals surface area contributed by atoms with Gasteiger partial charge in [0.2, 0.25) is 5.91 Å². The predicted octanol–water partition coefficient (Wildman–Crippen LogP) is 1.47. The van der Waals surface area contributed by atoms with Crippen molar-refractivity contribution in [1.29, 1.82) is 0 Å². The number of nitrogens with one attached hydrogen (secondary N) is 1. The van der Waals surface area contributed by atoms with E-state index in [0.717, 1.165) is 0 Å². The number of piperidine rings is 1. The minimum absolute atomic E-state index is 0.203. The van der Waals surface area contributed by atoms with Crippen LogP contribution in [0.25, 0.3) is 0 Å². The average Bonchev–Trinajstić information content (AvgIpc) is 2.54. The quantitative estimate of drug-likeness (QED) is 0.827. The van der Waals surface area contributed by atoms with Crippen molar-refractivity contribution in [2.24, 2.45) is 11.7 Å². The number of hydrogen-bond acceptors (Lipinski definition) is 3. The lowest BCUT2D eigenvalue weighted by Gasteiger charge is -2.29. The lowest BCUT2D eigenvalue weighted by Crippen LogP contribution is -2.46. The van der Waals surface area contributed by atoms with E-state index in [1.54, 1.807) is 12.1 Å². The van der Waals surface area contributed by atoms with E-state index >= 15 is 0 Å². The van der Waals surface area contributed by atoms with E-state index in [0.29, 0.717) is 37.5 Å². The first-order valence-corrected chi connectivity index (χ1v) is 7.88. The fraction of sp³-hybridized carbons (Fsp3) is 0.471. The standard InChI is InChI=1S/C17H23N3O3/c1-11(2)12-3-5-14(6-4-12)19-16(22)17(23)20-9-7-13(8-10-20)15(18)21/h3-6,11,13H,7-10H2,1-2H3,(H2,18,21)(H,19,22). The van der Waals surface area contributed by atoms with Crippen LogP contribution in [0.15, 0.2) is 24.3 Å². The molecule has 1 aliphatic rings. The lowest BCUT2D eigenvalue weighted by molar-refractivity contribution is -0.144. The molecule has 23 heavy (non-hydrogen) atoms. The molecule has 0 aliphatic carbocycles. The van der Waals surface area contributed by atoms with E-state index in [9.17, 15) is 14.4 Å². The van der Waals surface area contributed by atoms with Crippen LogP contribution in [-0.2, 0) is 14.4 Å². The van der Waals surface area contributed by atoms with Crippen molar-refractivity contribution >= 4 is 23.4 Å². The second-order valence-electron chi connectivity index (χ2n) is 6.20. The van der Waals surface area contributed by atoms with E-state index in [1.807, 2.05) is 12.1 Å². The van der Waals surface area contributed by atoms with Crippen LogP contribution in [0.4, 0.5) is 5.69 Å². The second-order valence-corrected chi connectivity index (χ2v) is 6.20. The largest absolute Gasteiger partial charge is 0.369 e. The van der Waals surface area contributed by atoms with E-state index in [4.69, 9.17) is 5.73 Å². The summed E-state index contributed by atoms with van der Waals surface area (Å²) in [4.78, 5) is 36.8. The number of likely N-dealkylation sites (tertiary alicyclic amines) is 1. The van der Waals surface area contributed by atoms with Crippen LogP contribution in [0.5, 0.6) is 0 Å². The molecule has 6 heteroatoms. The number of nitrogens with two attached hydrogens (primary N) is 1. The maximum absolute atomic E-state index is 12.2. The summed E-state index contributed by atoms with van der Waals surface area (Å²) < 4.78 is 0. The normalized spacial score (nSPS) is 15.5. The van der Waals surface area contributed by atoms with Crippen molar-refractivity contribution in [3.8, 4) is 0 Å². The third-order valence-electron chi connectivity index (χ3n) is 4.21. The van der Waals surface area contributed by atoms with Crippen LogP contribution in [0.1, 0.15) is 38.2 Å². The summed E-state index contributed by atoms with van der Waals surface area (Å²) in [5, 5.41) is 2.62. The second kappa shape index (κ2) is 7.26. The van der Waals surface area contributed by atoms with Gasteiger partial charge in [-0.05, 0) is 36.5 Å². The molecule has 6 nitrogen and oxygen atoms in total. The smallest absolute Gasteiger partial charge is 0.313 e. The van der Waals surface area contributed by atoms with Gasteiger partial charge in [-0.25, -0.2) is 0 Å². The van der Waals surface area contributed by atoms with Crippen molar-refractivity contribution in [3.63, 3.8) is 0 Å². The van der Waals surface area contributed by atoms with Gasteiger partial charge in [0.25, 0.3) is 0 Å². The zero-order valence-electron chi connectivity index (χ0n) is 13.5. The molecule has 1 heterocycles. The number of rotatable bonds is 3. The summed E-state index contributed by atoms with van der Waals surface area (Å²) in [6, 6.07) is 7.45. The molecule has 3 amide bonds. The highest BCUT2D eigenvalue weighted by molar-refractivity contribution is 6.39. The third kappa shape index (κ3) is 4.31. The van der Waals surface area contributed by atoms with Crippen LogP contribution in [0.2, 0.25) is 0 Å². The van der Waals surface area contributed by atoms with Gasteiger partial charge in [0.15, 0.2) is 0 Å². The minimum atomic E-state index is -0.653. The zero-order chi connectivity index (χ0) is 17.0. The maximum Gasteiger partial charge on any atom is 0.313 e. The van der Waals surface area contributed by atoms with Crippen molar-refractivity contribution in [3.05, 3.63) is 29.8 Å². The van der Waals surface area contributed by atoms with Gasteiger partial charge in [-0.2, -0.15) is 0 Å². The van der Waals surface area contributed by atoms with Crippen molar-refractivity contribution in [2.45, 2.75) is 32.6 Å². The molecule has 1 fully saturated rings. The van der Waals surface area contributed by atoms with Crippen molar-refractivity contribution < 1.29 is 14.4 Å². The molecule has 2 rings (SSSR count). The predicted molar refractivity (Wildman–Crippen MR) is 87.7 cm³/mol. The molecule has 124 valence electrons. The highest BCUT2D eigenvalue weighted by Gasteiger charge is 2.29. The molecule has 0 saturated carbocycles. The Morgan fingerprint density at radius 3 is 2.17 bits per heavy atom. The molecular weight excluding hydrogens is 294 g/mol. The van der Waals surface area contributed by atoms with Crippen LogP contribution < -0.4 is 11.1 Å². The molecule has 0 unspecified atom stereocenters. The number of carbonyl (C=O) groups is 3. The molecule has 0 atom stereocenters. The summed E-state index contributed by atoms with van der Waals surface area (Å²) >= 11 is 0. The first-order chi connectivity index (χ1) is 10.9. The molecule has 0 bridgehead atoms. The van der Waals surface area contributed by atoms with Crippen molar-refractivity contribution in [2.75, 3.05) is 18.4 Å². The van der Waals surface area contributed by atoms with Gasteiger partial charge in [0, 0.05) is 24.7 Å². The van der Waals surface area contributed by atoms with E-state index in [2.05, 4.69) is 19.2 Å². The SMILES string of the molecule is CC(C)c1ccc(NC(=O)C(=O)N2CCC(C(N)=O)CC2)cc1. The molecule has 0 spiro atoms. The fourth-order valence-corrected chi connectivity index (χ4v) is 2.65. The maximum atomic E-state index is 12.2. The molecule has 3 N–H and O–H groups in total. The van der Waals surface area contributed by atoms with Gasteiger partial charge in [-0.3, -0.25) is 14.4 Å². The van der Waals surface area contributed by atoms with Crippen LogP contribution >= 0.6 is 0 Å². The molecule has 1 saturated heterocycles. The Balaban J connectivity index is 1.90. The summed E-state index contributed by atoms with van der Waals surface area (Å²) in [5.74, 6) is -1.36. The molecular formula is C17H23N3O3. The first kappa shape index (κ1) is 17.0. The molecule has 1 aromatic carbocycles. The average molecular weight is 317 g/mol.